The average Bonchev–Trinajstić information content (AvgIpc) is 2.68. The van der Waals surface area contributed by atoms with Crippen molar-refractivity contribution in [3.8, 4) is 0 Å². The van der Waals surface area contributed by atoms with Crippen molar-refractivity contribution in [2.24, 2.45) is 0 Å². The van der Waals surface area contributed by atoms with Gasteiger partial charge in [0.05, 0.1) is 4.47 Å². The Kier molecular flexibility index (Phi) is 3.23. The highest BCUT2D eigenvalue weighted by Gasteiger charge is 2.10. The predicted octanol–water partition coefficient (Wildman–Crippen LogP) is 2.87. The number of aromatic amines is 1. The highest BCUT2D eigenvalue weighted by Crippen LogP contribution is 2.17. The number of carbonyl (C=O) groups is 1. The molecule has 4 nitrogen and oxygen atoms in total. The maximum absolute atomic E-state index is 13.2. The molecule has 0 atom stereocenters. The zero-order chi connectivity index (χ0) is 12.4. The van der Waals surface area contributed by atoms with E-state index in [1.54, 1.807) is 6.07 Å². The molecule has 1 amide bonds. The molecule has 2 rings (SSSR count). The molecule has 0 aliphatic carbocycles. The second-order valence-electron chi connectivity index (χ2n) is 3.52. The van der Waals surface area contributed by atoms with Gasteiger partial charge in [-0.3, -0.25) is 9.89 Å². The lowest BCUT2D eigenvalue weighted by Gasteiger charge is -2.02. The lowest BCUT2D eigenvalue weighted by atomic mass is 10.2. The molecule has 1 aromatic carbocycles. The van der Waals surface area contributed by atoms with Crippen molar-refractivity contribution >= 4 is 27.7 Å². The van der Waals surface area contributed by atoms with E-state index in [0.717, 1.165) is 5.69 Å². The number of aromatic nitrogens is 2. The van der Waals surface area contributed by atoms with Gasteiger partial charge in [0.2, 0.25) is 0 Å². The van der Waals surface area contributed by atoms with Crippen LogP contribution in [0.4, 0.5) is 10.2 Å². The Labute approximate surface area is 105 Å². The molecule has 17 heavy (non-hydrogen) atoms. The van der Waals surface area contributed by atoms with Crippen molar-refractivity contribution < 1.29 is 9.18 Å². The van der Waals surface area contributed by atoms with Crippen LogP contribution in [-0.2, 0) is 0 Å². The number of H-pyrrole nitrogens is 1. The number of nitrogens with zero attached hydrogens (tertiary/aromatic N) is 1. The monoisotopic (exact) mass is 297 g/mol. The van der Waals surface area contributed by atoms with Gasteiger partial charge in [-0.05, 0) is 41.1 Å². The Hall–Kier alpha value is -1.69. The number of anilines is 1. The first-order valence-corrected chi connectivity index (χ1v) is 5.64. The van der Waals surface area contributed by atoms with Crippen LogP contribution < -0.4 is 5.32 Å². The van der Waals surface area contributed by atoms with Crippen molar-refractivity contribution in [2.45, 2.75) is 6.92 Å². The predicted molar refractivity (Wildman–Crippen MR) is 65.4 cm³/mol. The summed E-state index contributed by atoms with van der Waals surface area (Å²) in [5.41, 5.74) is 1.08. The number of hydrogen-bond donors (Lipinski definition) is 2. The van der Waals surface area contributed by atoms with Crippen LogP contribution in [0.2, 0.25) is 0 Å². The first-order valence-electron chi connectivity index (χ1n) is 4.84. The molecule has 0 saturated heterocycles. The van der Waals surface area contributed by atoms with E-state index in [2.05, 4.69) is 31.4 Å². The third-order valence-corrected chi connectivity index (χ3v) is 2.77. The Bertz CT molecular complexity index is 568. The van der Waals surface area contributed by atoms with Gasteiger partial charge in [-0.2, -0.15) is 5.10 Å². The largest absolute Gasteiger partial charge is 0.305 e. The third kappa shape index (κ3) is 2.71. The molecule has 6 heteroatoms. The number of rotatable bonds is 2. The third-order valence-electron chi connectivity index (χ3n) is 2.13. The molecular formula is C11H9BrFN3O. The van der Waals surface area contributed by atoms with Gasteiger partial charge in [-0.15, -0.1) is 0 Å². The molecule has 0 bridgehead atoms. The Morgan fingerprint density at radius 3 is 2.82 bits per heavy atom. The summed E-state index contributed by atoms with van der Waals surface area (Å²) in [4.78, 5) is 11.7. The van der Waals surface area contributed by atoms with E-state index in [4.69, 9.17) is 0 Å². The van der Waals surface area contributed by atoms with E-state index < -0.39 is 11.7 Å². The molecular weight excluding hydrogens is 289 g/mol. The van der Waals surface area contributed by atoms with Crippen LogP contribution in [0.25, 0.3) is 0 Å². The summed E-state index contributed by atoms with van der Waals surface area (Å²) in [6.07, 6.45) is 0. The van der Waals surface area contributed by atoms with Crippen LogP contribution in [0.3, 0.4) is 0 Å². The number of halogens is 2. The number of nitrogens with one attached hydrogen (secondary N) is 2. The fourth-order valence-electron chi connectivity index (χ4n) is 1.31. The Morgan fingerprint density at radius 1 is 1.47 bits per heavy atom. The lowest BCUT2D eigenvalue weighted by Crippen LogP contribution is -2.12. The van der Waals surface area contributed by atoms with Crippen LogP contribution in [0.15, 0.2) is 28.7 Å². The van der Waals surface area contributed by atoms with E-state index in [1.807, 2.05) is 6.92 Å². The molecule has 1 heterocycles. The van der Waals surface area contributed by atoms with Crippen molar-refractivity contribution in [1.82, 2.24) is 10.2 Å². The summed E-state index contributed by atoms with van der Waals surface area (Å²) in [7, 11) is 0. The van der Waals surface area contributed by atoms with Crippen molar-refractivity contribution in [1.29, 1.82) is 0 Å². The normalized spacial score (nSPS) is 10.3. The van der Waals surface area contributed by atoms with Gasteiger partial charge in [-0.25, -0.2) is 4.39 Å². The van der Waals surface area contributed by atoms with Gasteiger partial charge in [-0.1, -0.05) is 0 Å². The van der Waals surface area contributed by atoms with E-state index in [-0.39, 0.29) is 5.56 Å². The zero-order valence-electron chi connectivity index (χ0n) is 8.92. The standard InChI is InChI=1S/C11H9BrFN3O/c1-6-4-10(16-15-6)14-11(17)7-2-3-8(12)9(13)5-7/h2-5H,1H3,(H2,14,15,16,17). The molecule has 2 aromatic rings. The fraction of sp³-hybridized carbons (Fsp3) is 0.0909. The van der Waals surface area contributed by atoms with E-state index in [0.29, 0.717) is 10.3 Å². The van der Waals surface area contributed by atoms with Crippen molar-refractivity contribution in [3.05, 3.63) is 45.8 Å². The minimum atomic E-state index is -0.476. The maximum Gasteiger partial charge on any atom is 0.256 e. The molecule has 0 aliphatic rings. The van der Waals surface area contributed by atoms with Crippen molar-refractivity contribution in [2.75, 3.05) is 5.32 Å². The maximum atomic E-state index is 13.2. The smallest absolute Gasteiger partial charge is 0.256 e. The topological polar surface area (TPSA) is 57.8 Å². The van der Waals surface area contributed by atoms with Gasteiger partial charge in [0, 0.05) is 17.3 Å². The summed E-state index contributed by atoms with van der Waals surface area (Å²) >= 11 is 3.02. The minimum Gasteiger partial charge on any atom is -0.305 e. The van der Waals surface area contributed by atoms with E-state index >= 15 is 0 Å². The SMILES string of the molecule is Cc1cc(NC(=O)c2ccc(Br)c(F)c2)n[nH]1. The number of carbonyl (C=O) groups excluding carboxylic acids is 1. The van der Waals surface area contributed by atoms with Crippen LogP contribution >= 0.6 is 15.9 Å². The molecule has 0 fully saturated rings. The summed E-state index contributed by atoms with van der Waals surface area (Å²) in [5.74, 6) is -0.463. The minimum absolute atomic E-state index is 0.242. The van der Waals surface area contributed by atoms with Crippen molar-refractivity contribution in [3.63, 3.8) is 0 Å². The summed E-state index contributed by atoms with van der Waals surface area (Å²) in [6, 6.07) is 5.87. The van der Waals surface area contributed by atoms with Gasteiger partial charge in [0.25, 0.3) is 5.91 Å². The second kappa shape index (κ2) is 4.67. The molecule has 0 aliphatic heterocycles. The second-order valence-corrected chi connectivity index (χ2v) is 4.37. The summed E-state index contributed by atoms with van der Waals surface area (Å²) in [6.45, 7) is 1.82. The lowest BCUT2D eigenvalue weighted by molar-refractivity contribution is 0.102. The van der Waals surface area contributed by atoms with Crippen LogP contribution in [0.1, 0.15) is 16.1 Å². The summed E-state index contributed by atoms with van der Waals surface area (Å²) in [5, 5.41) is 9.12. The molecule has 88 valence electrons. The highest BCUT2D eigenvalue weighted by atomic mass is 79.9. The van der Waals surface area contributed by atoms with E-state index in [9.17, 15) is 9.18 Å². The molecule has 0 radical (unpaired) electrons. The van der Waals surface area contributed by atoms with Crippen LogP contribution in [0, 0.1) is 12.7 Å². The summed E-state index contributed by atoms with van der Waals surface area (Å²) < 4.78 is 13.6. The number of aryl methyl sites for hydroxylation is 1. The fourth-order valence-corrected chi connectivity index (χ4v) is 1.55. The Morgan fingerprint density at radius 2 is 2.24 bits per heavy atom. The number of hydrogen-bond acceptors (Lipinski definition) is 2. The Balaban J connectivity index is 2.17. The zero-order valence-corrected chi connectivity index (χ0v) is 10.5. The average molecular weight is 298 g/mol. The highest BCUT2D eigenvalue weighted by molar-refractivity contribution is 9.10. The molecule has 0 unspecified atom stereocenters. The molecule has 0 spiro atoms. The first-order chi connectivity index (χ1) is 8.06. The van der Waals surface area contributed by atoms with Gasteiger partial charge < -0.3 is 5.32 Å². The van der Waals surface area contributed by atoms with Gasteiger partial charge >= 0.3 is 0 Å². The quantitative estimate of drug-likeness (QED) is 0.895. The molecule has 2 N–H and O–H groups in total. The van der Waals surface area contributed by atoms with Crippen LogP contribution in [0.5, 0.6) is 0 Å². The van der Waals surface area contributed by atoms with Gasteiger partial charge in [0.15, 0.2) is 5.82 Å². The van der Waals surface area contributed by atoms with Crippen LogP contribution in [-0.4, -0.2) is 16.1 Å². The molecule has 0 saturated carbocycles. The number of amides is 1. The number of benzene rings is 1. The van der Waals surface area contributed by atoms with Gasteiger partial charge in [0.1, 0.15) is 5.82 Å². The molecule has 1 aromatic heterocycles. The van der Waals surface area contributed by atoms with E-state index in [1.165, 1.54) is 18.2 Å². The first kappa shape index (κ1) is 11.8.